The average Bonchev–Trinajstić information content (AvgIpc) is 2.11. The molecular weight excluding hydrogens is 206 g/mol. The van der Waals surface area contributed by atoms with Crippen LogP contribution in [0.25, 0.3) is 0 Å². The summed E-state index contributed by atoms with van der Waals surface area (Å²) in [6.07, 6.45) is 2.14. The summed E-state index contributed by atoms with van der Waals surface area (Å²) in [5.74, 6) is 0. The van der Waals surface area contributed by atoms with Crippen molar-refractivity contribution in [1.82, 2.24) is 4.23 Å². The zero-order valence-corrected chi connectivity index (χ0v) is 9.14. The molecule has 0 spiro atoms. The summed E-state index contributed by atoms with van der Waals surface area (Å²) in [7, 11) is -1.16. The fraction of sp³-hybridized carbons (Fsp3) is 0.429. The Morgan fingerprint density at radius 3 is 2.20 bits per heavy atom. The summed E-state index contributed by atoms with van der Waals surface area (Å²) in [5.41, 5.74) is 0. The highest BCUT2D eigenvalue weighted by atomic mass is 79.9. The van der Waals surface area contributed by atoms with Gasteiger partial charge in [0.25, 0.3) is 0 Å². The zero-order chi connectivity index (χ0) is 7.78. The monoisotopic (exact) mass is 217 g/mol. The summed E-state index contributed by atoms with van der Waals surface area (Å²) >= 11 is 3.50. The smallest absolute Gasteiger partial charge is 0.153 e. The molecule has 0 aliphatic heterocycles. The molecule has 56 valence electrons. The van der Waals surface area contributed by atoms with Gasteiger partial charge in [0.15, 0.2) is 8.24 Å². The summed E-state index contributed by atoms with van der Waals surface area (Å²) in [6.45, 7) is 6.95. The van der Waals surface area contributed by atoms with E-state index < -0.39 is 8.24 Å². The second kappa shape index (κ2) is 2.55. The Balaban J connectivity index is 3.05. The maximum Gasteiger partial charge on any atom is 0.153 e. The molecule has 0 amide bonds. The molecule has 0 atom stereocenters. The van der Waals surface area contributed by atoms with E-state index in [1.807, 2.05) is 0 Å². The highest BCUT2D eigenvalue weighted by Crippen LogP contribution is 2.16. The number of hydrogen-bond donors (Lipinski definition) is 0. The maximum atomic E-state index is 3.50. The van der Waals surface area contributed by atoms with Crippen LogP contribution in [0, 0.1) is 0 Å². The van der Waals surface area contributed by atoms with Crippen molar-refractivity contribution >= 4 is 24.2 Å². The molecule has 0 aromatic carbocycles. The van der Waals surface area contributed by atoms with Gasteiger partial charge >= 0.3 is 0 Å². The Labute approximate surface area is 71.3 Å². The lowest BCUT2D eigenvalue weighted by Gasteiger charge is -2.19. The first kappa shape index (κ1) is 8.08. The van der Waals surface area contributed by atoms with Crippen molar-refractivity contribution in [2.45, 2.75) is 19.6 Å². The second-order valence-electron chi connectivity index (χ2n) is 3.37. The van der Waals surface area contributed by atoms with Crippen LogP contribution in [0.3, 0.4) is 0 Å². The highest BCUT2D eigenvalue weighted by molar-refractivity contribution is 9.10. The molecule has 0 radical (unpaired) electrons. The van der Waals surface area contributed by atoms with Crippen molar-refractivity contribution in [3.63, 3.8) is 0 Å². The third-order valence-corrected chi connectivity index (χ3v) is 4.23. The van der Waals surface area contributed by atoms with E-state index in [-0.39, 0.29) is 0 Å². The van der Waals surface area contributed by atoms with Crippen molar-refractivity contribution in [3.05, 3.63) is 22.9 Å². The summed E-state index contributed by atoms with van der Waals surface area (Å²) in [6, 6.07) is 4.15. The molecule has 1 nitrogen and oxygen atoms in total. The van der Waals surface area contributed by atoms with Gasteiger partial charge in [-0.2, -0.15) is 0 Å². The Kier molecular flexibility index (Phi) is 2.06. The molecule has 0 saturated heterocycles. The fourth-order valence-electron chi connectivity index (χ4n) is 0.904. The Morgan fingerprint density at radius 1 is 1.40 bits per heavy atom. The predicted molar refractivity (Wildman–Crippen MR) is 50.9 cm³/mol. The van der Waals surface area contributed by atoms with E-state index in [1.165, 1.54) is 4.60 Å². The van der Waals surface area contributed by atoms with Crippen LogP contribution in [-0.2, 0) is 0 Å². The summed E-state index contributed by atoms with van der Waals surface area (Å²) in [5, 5.41) is 0. The van der Waals surface area contributed by atoms with Crippen molar-refractivity contribution in [2.24, 2.45) is 0 Å². The van der Waals surface area contributed by atoms with Gasteiger partial charge in [0, 0.05) is 0 Å². The largest absolute Gasteiger partial charge is 0.370 e. The second-order valence-corrected chi connectivity index (χ2v) is 9.01. The van der Waals surface area contributed by atoms with Gasteiger partial charge < -0.3 is 4.23 Å². The van der Waals surface area contributed by atoms with Crippen LogP contribution in [0.2, 0.25) is 19.6 Å². The number of hydrogen-bond acceptors (Lipinski definition) is 0. The van der Waals surface area contributed by atoms with Crippen LogP contribution in [0.5, 0.6) is 0 Å². The SMILES string of the molecule is C[Si](C)(C)n1cccc1Br. The van der Waals surface area contributed by atoms with Crippen LogP contribution in [0.15, 0.2) is 22.9 Å². The standard InChI is InChI=1S/C7H12BrNSi/c1-10(2,3)9-6-4-5-7(9)8/h4-6H,1-3H3. The van der Waals surface area contributed by atoms with E-state index in [4.69, 9.17) is 0 Å². The molecule has 0 saturated carbocycles. The molecule has 0 aliphatic carbocycles. The van der Waals surface area contributed by atoms with Crippen LogP contribution in [-0.4, -0.2) is 12.5 Å². The van der Waals surface area contributed by atoms with Crippen molar-refractivity contribution in [1.29, 1.82) is 0 Å². The van der Waals surface area contributed by atoms with Gasteiger partial charge in [-0.15, -0.1) is 0 Å². The van der Waals surface area contributed by atoms with Gasteiger partial charge in [0.2, 0.25) is 0 Å². The van der Waals surface area contributed by atoms with Gasteiger partial charge in [0.05, 0.1) is 4.60 Å². The number of aromatic nitrogens is 1. The summed E-state index contributed by atoms with van der Waals surface area (Å²) < 4.78 is 3.53. The first-order chi connectivity index (χ1) is 4.52. The molecule has 3 heteroatoms. The van der Waals surface area contributed by atoms with Gasteiger partial charge in [-0.1, -0.05) is 19.6 Å². The molecule has 10 heavy (non-hydrogen) atoms. The molecule has 0 N–H and O–H groups in total. The fourth-order valence-corrected chi connectivity index (χ4v) is 4.02. The third kappa shape index (κ3) is 1.52. The molecule has 0 bridgehead atoms. The van der Waals surface area contributed by atoms with Gasteiger partial charge in [-0.3, -0.25) is 0 Å². The van der Waals surface area contributed by atoms with Crippen molar-refractivity contribution < 1.29 is 0 Å². The van der Waals surface area contributed by atoms with E-state index in [0.717, 1.165) is 0 Å². The van der Waals surface area contributed by atoms with Gasteiger partial charge in [-0.05, 0) is 34.3 Å². The van der Waals surface area contributed by atoms with Crippen LogP contribution in [0.1, 0.15) is 0 Å². The normalized spacial score (nSPS) is 12.0. The minimum atomic E-state index is -1.16. The lowest BCUT2D eigenvalue weighted by atomic mass is 10.7. The van der Waals surface area contributed by atoms with E-state index in [9.17, 15) is 0 Å². The van der Waals surface area contributed by atoms with Crippen molar-refractivity contribution in [2.75, 3.05) is 0 Å². The summed E-state index contributed by atoms with van der Waals surface area (Å²) in [4.78, 5) is 0. The minimum absolute atomic E-state index is 1.16. The van der Waals surface area contributed by atoms with Crippen molar-refractivity contribution in [3.8, 4) is 0 Å². The van der Waals surface area contributed by atoms with Crippen LogP contribution >= 0.6 is 15.9 Å². The van der Waals surface area contributed by atoms with Gasteiger partial charge in [-0.25, -0.2) is 0 Å². The molecule has 0 fully saturated rings. The number of halogens is 1. The number of rotatable bonds is 1. The van der Waals surface area contributed by atoms with Crippen LogP contribution < -0.4 is 0 Å². The molecule has 1 aromatic heterocycles. The first-order valence-corrected chi connectivity index (χ1v) is 7.59. The average molecular weight is 218 g/mol. The first-order valence-electron chi connectivity index (χ1n) is 3.35. The maximum absolute atomic E-state index is 3.50. The van der Waals surface area contributed by atoms with E-state index in [1.54, 1.807) is 0 Å². The van der Waals surface area contributed by atoms with Crippen LogP contribution in [0.4, 0.5) is 0 Å². The lowest BCUT2D eigenvalue weighted by molar-refractivity contribution is 1.12. The molecule has 0 aliphatic rings. The lowest BCUT2D eigenvalue weighted by Crippen LogP contribution is -2.31. The molecule has 0 unspecified atom stereocenters. The topological polar surface area (TPSA) is 4.93 Å². The van der Waals surface area contributed by atoms with E-state index >= 15 is 0 Å². The van der Waals surface area contributed by atoms with Gasteiger partial charge in [0.1, 0.15) is 0 Å². The Morgan fingerprint density at radius 2 is 2.00 bits per heavy atom. The molecule has 1 aromatic rings. The third-order valence-electron chi connectivity index (χ3n) is 1.42. The quantitative estimate of drug-likeness (QED) is 0.638. The minimum Gasteiger partial charge on any atom is -0.370 e. The number of nitrogens with zero attached hydrogens (tertiary/aromatic N) is 1. The zero-order valence-electron chi connectivity index (χ0n) is 6.56. The molecule has 1 heterocycles. The van der Waals surface area contributed by atoms with E-state index in [0.29, 0.717) is 0 Å². The molecular formula is C7H12BrNSi. The Hall–Kier alpha value is -0.0231. The highest BCUT2D eigenvalue weighted by Gasteiger charge is 2.16. The molecule has 1 rings (SSSR count). The predicted octanol–water partition coefficient (Wildman–Crippen LogP) is 2.93. The van der Waals surface area contributed by atoms with E-state index in [2.05, 4.69) is 58.1 Å². The Bertz CT molecular complexity index is 224.